The first-order chi connectivity index (χ1) is 12.8. The van der Waals surface area contributed by atoms with Crippen LogP contribution >= 0.6 is 34.8 Å². The number of allylic oxidation sites excluding steroid dienone is 1. The molecule has 142 valence electrons. The Labute approximate surface area is 173 Å². The van der Waals surface area contributed by atoms with Gasteiger partial charge in [-0.3, -0.25) is 4.79 Å². The molecule has 1 saturated carbocycles. The highest BCUT2D eigenvalue weighted by Crippen LogP contribution is 2.60. The first-order valence-electron chi connectivity index (χ1n) is 8.49. The van der Waals surface area contributed by atoms with E-state index in [0.717, 1.165) is 0 Å². The highest BCUT2D eigenvalue weighted by molar-refractivity contribution is 6.55. The number of ether oxygens (including phenoxy) is 2. The average Bonchev–Trinajstić information content (AvgIpc) is 3.15. The standard InChI is InChI=1S/C21H19Cl3O3/c1-21(2)16(12-17(22)23)18(21)20(25)27-19(24)13-7-6-10-15(11-13)26-14-8-4-3-5-9-14/h3-12,16,18-19H,1-2H3/t16-,18-,19?/m0/s1. The molecule has 27 heavy (non-hydrogen) atoms. The Hall–Kier alpha value is -1.68. The van der Waals surface area contributed by atoms with Crippen LogP contribution in [0.3, 0.4) is 0 Å². The average molecular weight is 426 g/mol. The van der Waals surface area contributed by atoms with E-state index in [0.29, 0.717) is 17.1 Å². The number of hydrogen-bond acceptors (Lipinski definition) is 3. The Morgan fingerprint density at radius 1 is 1.07 bits per heavy atom. The SMILES string of the molecule is CC1(C)[C@H](C(=O)OC(Cl)c2cccc(Oc3ccccc3)c2)[C@@H]1C=C(Cl)Cl. The molecule has 0 N–H and O–H groups in total. The summed E-state index contributed by atoms with van der Waals surface area (Å²) in [5, 5.41) is 0. The minimum absolute atomic E-state index is 0.0633. The molecule has 6 heteroatoms. The van der Waals surface area contributed by atoms with Crippen LogP contribution in [0.2, 0.25) is 0 Å². The fourth-order valence-corrected chi connectivity index (χ4v) is 3.66. The topological polar surface area (TPSA) is 35.5 Å². The van der Waals surface area contributed by atoms with Crippen LogP contribution in [0.5, 0.6) is 11.5 Å². The molecule has 2 aromatic rings. The van der Waals surface area contributed by atoms with Crippen molar-refractivity contribution in [2.75, 3.05) is 0 Å². The molecule has 0 amide bonds. The van der Waals surface area contributed by atoms with Crippen molar-refractivity contribution in [1.29, 1.82) is 0 Å². The largest absolute Gasteiger partial charge is 0.457 e. The summed E-state index contributed by atoms with van der Waals surface area (Å²) in [5.74, 6) is 0.568. The second-order valence-electron chi connectivity index (χ2n) is 7.02. The maximum Gasteiger partial charge on any atom is 0.311 e. The third kappa shape index (κ3) is 4.78. The lowest BCUT2D eigenvalue weighted by Gasteiger charge is -2.14. The fraction of sp³-hybridized carbons (Fsp3) is 0.286. The van der Waals surface area contributed by atoms with Crippen molar-refractivity contribution in [1.82, 2.24) is 0 Å². The first kappa shape index (κ1) is 20.1. The molecule has 1 aliphatic carbocycles. The van der Waals surface area contributed by atoms with Crippen LogP contribution < -0.4 is 4.74 Å². The van der Waals surface area contributed by atoms with Crippen LogP contribution in [0.1, 0.15) is 25.0 Å². The fourth-order valence-electron chi connectivity index (χ4n) is 3.16. The van der Waals surface area contributed by atoms with Gasteiger partial charge < -0.3 is 9.47 Å². The zero-order valence-electron chi connectivity index (χ0n) is 14.9. The van der Waals surface area contributed by atoms with Crippen molar-refractivity contribution in [3.05, 3.63) is 70.7 Å². The molecule has 3 atom stereocenters. The number of carbonyl (C=O) groups is 1. The molecule has 0 bridgehead atoms. The van der Waals surface area contributed by atoms with Gasteiger partial charge in [0.25, 0.3) is 0 Å². The lowest BCUT2D eigenvalue weighted by atomic mass is 10.1. The van der Waals surface area contributed by atoms with E-state index in [2.05, 4.69) is 0 Å². The van der Waals surface area contributed by atoms with Gasteiger partial charge in [0.15, 0.2) is 0 Å². The third-order valence-corrected chi connectivity index (χ3v) is 5.38. The smallest absolute Gasteiger partial charge is 0.311 e. The summed E-state index contributed by atoms with van der Waals surface area (Å²) in [6, 6.07) is 16.6. The van der Waals surface area contributed by atoms with Crippen molar-refractivity contribution >= 4 is 40.8 Å². The Morgan fingerprint density at radius 2 is 1.74 bits per heavy atom. The second kappa shape index (κ2) is 8.14. The van der Waals surface area contributed by atoms with Crippen LogP contribution in [-0.2, 0) is 9.53 Å². The minimum Gasteiger partial charge on any atom is -0.457 e. The van der Waals surface area contributed by atoms with Gasteiger partial charge in [-0.15, -0.1) is 0 Å². The summed E-state index contributed by atoms with van der Waals surface area (Å²) < 4.78 is 11.4. The molecular weight excluding hydrogens is 407 g/mol. The maximum absolute atomic E-state index is 12.5. The van der Waals surface area contributed by atoms with Crippen molar-refractivity contribution in [3.63, 3.8) is 0 Å². The highest BCUT2D eigenvalue weighted by atomic mass is 35.5. The minimum atomic E-state index is -0.913. The van der Waals surface area contributed by atoms with Gasteiger partial charge in [-0.05, 0) is 41.7 Å². The van der Waals surface area contributed by atoms with Gasteiger partial charge in [0.1, 0.15) is 16.0 Å². The lowest BCUT2D eigenvalue weighted by Crippen LogP contribution is -2.12. The van der Waals surface area contributed by atoms with Crippen LogP contribution in [-0.4, -0.2) is 5.97 Å². The molecule has 0 heterocycles. The van der Waals surface area contributed by atoms with Gasteiger partial charge in [0.2, 0.25) is 5.56 Å². The summed E-state index contributed by atoms with van der Waals surface area (Å²) >= 11 is 17.8. The van der Waals surface area contributed by atoms with E-state index in [4.69, 9.17) is 44.3 Å². The van der Waals surface area contributed by atoms with E-state index in [-0.39, 0.29) is 27.7 Å². The molecule has 0 radical (unpaired) electrons. The highest BCUT2D eigenvalue weighted by Gasteiger charge is 2.61. The molecule has 1 aliphatic rings. The monoisotopic (exact) mass is 424 g/mol. The van der Waals surface area contributed by atoms with Gasteiger partial charge >= 0.3 is 5.97 Å². The van der Waals surface area contributed by atoms with E-state index < -0.39 is 5.56 Å². The summed E-state index contributed by atoms with van der Waals surface area (Å²) in [7, 11) is 0. The molecule has 3 rings (SSSR count). The quantitative estimate of drug-likeness (QED) is 0.375. The van der Waals surface area contributed by atoms with E-state index >= 15 is 0 Å². The van der Waals surface area contributed by atoms with Gasteiger partial charge in [-0.25, -0.2) is 0 Å². The zero-order chi connectivity index (χ0) is 19.6. The molecule has 3 nitrogen and oxygen atoms in total. The number of esters is 1. The van der Waals surface area contributed by atoms with Crippen LogP contribution in [0.15, 0.2) is 65.2 Å². The van der Waals surface area contributed by atoms with Crippen molar-refractivity contribution in [2.24, 2.45) is 17.3 Å². The maximum atomic E-state index is 12.5. The molecule has 1 unspecified atom stereocenters. The van der Waals surface area contributed by atoms with E-state index in [1.807, 2.05) is 50.2 Å². The number of carbonyl (C=O) groups excluding carboxylic acids is 1. The molecule has 0 saturated heterocycles. The molecule has 2 aromatic carbocycles. The summed E-state index contributed by atoms with van der Waals surface area (Å²) in [6.07, 6.45) is 1.67. The second-order valence-corrected chi connectivity index (χ2v) is 8.43. The van der Waals surface area contributed by atoms with Crippen molar-refractivity contribution in [2.45, 2.75) is 19.4 Å². The molecular formula is C21H19Cl3O3. The van der Waals surface area contributed by atoms with Crippen molar-refractivity contribution < 1.29 is 14.3 Å². The van der Waals surface area contributed by atoms with Gasteiger partial charge in [0.05, 0.1) is 5.92 Å². The van der Waals surface area contributed by atoms with Crippen LogP contribution in [0, 0.1) is 17.3 Å². The summed E-state index contributed by atoms with van der Waals surface area (Å²) in [4.78, 5) is 12.5. The Bertz CT molecular complexity index is 845. The number of alkyl halides is 1. The van der Waals surface area contributed by atoms with E-state index in [9.17, 15) is 4.79 Å². The predicted octanol–water partition coefficient (Wildman–Crippen LogP) is 6.85. The van der Waals surface area contributed by atoms with Gasteiger partial charge in [0, 0.05) is 5.56 Å². The Morgan fingerprint density at radius 3 is 2.41 bits per heavy atom. The van der Waals surface area contributed by atoms with Gasteiger partial charge in [-0.1, -0.05) is 79.0 Å². The summed E-state index contributed by atoms with van der Waals surface area (Å²) in [5.41, 5.74) is -0.537. The normalized spacial score (nSPS) is 21.1. The molecule has 0 aromatic heterocycles. The van der Waals surface area contributed by atoms with Crippen LogP contribution in [0.4, 0.5) is 0 Å². The molecule has 0 spiro atoms. The van der Waals surface area contributed by atoms with Gasteiger partial charge in [-0.2, -0.15) is 0 Å². The van der Waals surface area contributed by atoms with Crippen LogP contribution in [0.25, 0.3) is 0 Å². The molecule has 1 fully saturated rings. The molecule has 0 aliphatic heterocycles. The number of halogens is 3. The number of hydrogen-bond donors (Lipinski definition) is 0. The van der Waals surface area contributed by atoms with Crippen molar-refractivity contribution in [3.8, 4) is 11.5 Å². The zero-order valence-corrected chi connectivity index (χ0v) is 17.1. The lowest BCUT2D eigenvalue weighted by molar-refractivity contribution is -0.148. The Balaban J connectivity index is 1.66. The number of benzene rings is 2. The number of para-hydroxylation sites is 1. The first-order valence-corrected chi connectivity index (χ1v) is 9.68. The summed E-state index contributed by atoms with van der Waals surface area (Å²) in [6.45, 7) is 3.93. The number of rotatable bonds is 6. The predicted molar refractivity (Wildman–Crippen MR) is 108 cm³/mol. The Kier molecular flexibility index (Phi) is 6.05. The van der Waals surface area contributed by atoms with E-state index in [1.54, 1.807) is 24.3 Å². The van der Waals surface area contributed by atoms with E-state index in [1.165, 1.54) is 0 Å². The third-order valence-electron chi connectivity index (χ3n) is 4.79.